The fourth-order valence-corrected chi connectivity index (χ4v) is 0.928. The smallest absolute Gasteiger partial charge is 0.139 e. The Bertz CT molecular complexity index is 196. The zero-order chi connectivity index (χ0) is 7.56. The van der Waals surface area contributed by atoms with Crippen LogP contribution in [0.15, 0.2) is 4.52 Å². The summed E-state index contributed by atoms with van der Waals surface area (Å²) in [7, 11) is 0. The van der Waals surface area contributed by atoms with Gasteiger partial charge in [0.25, 0.3) is 0 Å². The van der Waals surface area contributed by atoms with Gasteiger partial charge in [0, 0.05) is 18.5 Å². The number of rotatable bonds is 2. The van der Waals surface area contributed by atoms with Gasteiger partial charge in [0.15, 0.2) is 0 Å². The van der Waals surface area contributed by atoms with Crippen LogP contribution in [-0.4, -0.2) is 5.16 Å². The zero-order valence-electron chi connectivity index (χ0n) is 6.35. The van der Waals surface area contributed by atoms with E-state index < -0.39 is 0 Å². The van der Waals surface area contributed by atoms with Crippen LogP contribution in [0.2, 0.25) is 0 Å². The lowest BCUT2D eigenvalue weighted by molar-refractivity contribution is 0.380. The van der Waals surface area contributed by atoms with Gasteiger partial charge in [-0.15, -0.1) is 0 Å². The Morgan fingerprint density at radius 1 is 1.60 bits per heavy atom. The van der Waals surface area contributed by atoms with Gasteiger partial charge in [0.05, 0.1) is 0 Å². The van der Waals surface area contributed by atoms with Crippen molar-refractivity contribution in [1.82, 2.24) is 5.16 Å². The van der Waals surface area contributed by atoms with E-state index in [0.717, 1.165) is 23.4 Å². The predicted octanol–water partition coefficient (Wildman–Crippen LogP) is 1.00. The molecule has 2 N–H and O–H groups in total. The first-order chi connectivity index (χ1) is 4.79. The second kappa shape index (κ2) is 2.84. The van der Waals surface area contributed by atoms with Crippen LogP contribution in [0.4, 0.5) is 0 Å². The van der Waals surface area contributed by atoms with Crippen molar-refractivity contribution in [2.45, 2.75) is 26.8 Å². The molecule has 0 radical (unpaired) electrons. The van der Waals surface area contributed by atoms with E-state index in [1.165, 1.54) is 0 Å². The molecule has 1 heterocycles. The van der Waals surface area contributed by atoms with Crippen LogP contribution < -0.4 is 5.73 Å². The maximum atomic E-state index is 5.40. The highest BCUT2D eigenvalue weighted by Gasteiger charge is 2.06. The SMILES string of the molecule is CCc1onc(CN)c1C. The van der Waals surface area contributed by atoms with Crippen molar-refractivity contribution in [3.63, 3.8) is 0 Å². The normalized spacial score (nSPS) is 10.3. The summed E-state index contributed by atoms with van der Waals surface area (Å²) in [6.45, 7) is 4.49. The molecule has 3 nitrogen and oxygen atoms in total. The second-order valence-electron chi connectivity index (χ2n) is 2.24. The summed E-state index contributed by atoms with van der Waals surface area (Å²) in [4.78, 5) is 0. The Kier molecular flexibility index (Phi) is 2.06. The number of aromatic nitrogens is 1. The molecular formula is C7H12N2O. The number of hydrogen-bond acceptors (Lipinski definition) is 3. The molecule has 0 aliphatic heterocycles. The van der Waals surface area contributed by atoms with Gasteiger partial charge in [-0.05, 0) is 6.92 Å². The first-order valence-corrected chi connectivity index (χ1v) is 3.43. The summed E-state index contributed by atoms with van der Waals surface area (Å²) >= 11 is 0. The van der Waals surface area contributed by atoms with Gasteiger partial charge in [-0.2, -0.15) is 0 Å². The fraction of sp³-hybridized carbons (Fsp3) is 0.571. The Morgan fingerprint density at radius 3 is 2.60 bits per heavy atom. The van der Waals surface area contributed by atoms with Crippen molar-refractivity contribution in [1.29, 1.82) is 0 Å². The quantitative estimate of drug-likeness (QED) is 0.666. The maximum absolute atomic E-state index is 5.40. The minimum atomic E-state index is 0.468. The number of hydrogen-bond donors (Lipinski definition) is 1. The molecule has 0 saturated heterocycles. The van der Waals surface area contributed by atoms with Gasteiger partial charge in [-0.25, -0.2) is 0 Å². The predicted molar refractivity (Wildman–Crippen MR) is 38.5 cm³/mol. The van der Waals surface area contributed by atoms with Crippen molar-refractivity contribution >= 4 is 0 Å². The van der Waals surface area contributed by atoms with E-state index >= 15 is 0 Å². The fourth-order valence-electron chi connectivity index (χ4n) is 0.928. The molecule has 0 atom stereocenters. The molecule has 1 rings (SSSR count). The van der Waals surface area contributed by atoms with Crippen LogP contribution in [0.1, 0.15) is 23.9 Å². The summed E-state index contributed by atoms with van der Waals surface area (Å²) in [5.74, 6) is 0.945. The number of aryl methyl sites for hydroxylation is 1. The highest BCUT2D eigenvalue weighted by molar-refractivity contribution is 5.20. The highest BCUT2D eigenvalue weighted by atomic mass is 16.5. The van der Waals surface area contributed by atoms with E-state index in [1.807, 2.05) is 13.8 Å². The molecule has 3 heteroatoms. The number of nitrogens with two attached hydrogens (primary N) is 1. The minimum absolute atomic E-state index is 0.468. The molecule has 0 aromatic carbocycles. The lowest BCUT2D eigenvalue weighted by Crippen LogP contribution is -1.98. The van der Waals surface area contributed by atoms with E-state index in [2.05, 4.69) is 5.16 Å². The van der Waals surface area contributed by atoms with Crippen LogP contribution in [0, 0.1) is 6.92 Å². The summed E-state index contributed by atoms with van der Waals surface area (Å²) < 4.78 is 5.01. The zero-order valence-corrected chi connectivity index (χ0v) is 6.35. The molecule has 0 saturated carbocycles. The van der Waals surface area contributed by atoms with E-state index in [0.29, 0.717) is 6.54 Å². The van der Waals surface area contributed by atoms with Crippen molar-refractivity contribution in [3.8, 4) is 0 Å². The highest BCUT2D eigenvalue weighted by Crippen LogP contribution is 2.11. The van der Waals surface area contributed by atoms with E-state index in [9.17, 15) is 0 Å². The molecule has 0 unspecified atom stereocenters. The van der Waals surface area contributed by atoms with Crippen LogP contribution in [0.25, 0.3) is 0 Å². The summed E-state index contributed by atoms with van der Waals surface area (Å²) in [5.41, 5.74) is 7.37. The van der Waals surface area contributed by atoms with Gasteiger partial charge < -0.3 is 10.3 Å². The first kappa shape index (κ1) is 7.28. The van der Waals surface area contributed by atoms with E-state index in [4.69, 9.17) is 10.3 Å². The van der Waals surface area contributed by atoms with Gasteiger partial charge in [-0.3, -0.25) is 0 Å². The van der Waals surface area contributed by atoms with Crippen LogP contribution in [0.5, 0.6) is 0 Å². The monoisotopic (exact) mass is 140 g/mol. The number of nitrogens with zero attached hydrogens (tertiary/aromatic N) is 1. The maximum Gasteiger partial charge on any atom is 0.139 e. The average Bonchev–Trinajstić information content (AvgIpc) is 2.30. The summed E-state index contributed by atoms with van der Waals surface area (Å²) in [5, 5.41) is 3.81. The molecule has 0 aliphatic carbocycles. The van der Waals surface area contributed by atoms with Crippen molar-refractivity contribution in [2.24, 2.45) is 5.73 Å². The third kappa shape index (κ3) is 1.04. The topological polar surface area (TPSA) is 52.0 Å². The Balaban J connectivity index is 2.97. The molecule has 1 aromatic rings. The summed E-state index contributed by atoms with van der Waals surface area (Å²) in [6.07, 6.45) is 0.888. The average molecular weight is 140 g/mol. The standard InChI is InChI=1S/C7H12N2O/c1-3-7-5(2)6(4-8)9-10-7/h3-4,8H2,1-2H3. The largest absolute Gasteiger partial charge is 0.361 e. The lowest BCUT2D eigenvalue weighted by atomic mass is 10.2. The Hall–Kier alpha value is -0.830. The molecule has 0 amide bonds. The van der Waals surface area contributed by atoms with Gasteiger partial charge in [-0.1, -0.05) is 12.1 Å². The van der Waals surface area contributed by atoms with Crippen LogP contribution in [0.3, 0.4) is 0 Å². The van der Waals surface area contributed by atoms with Crippen molar-refractivity contribution < 1.29 is 4.52 Å². The Morgan fingerprint density at radius 2 is 2.30 bits per heavy atom. The minimum Gasteiger partial charge on any atom is -0.361 e. The Labute approximate surface area is 60.2 Å². The van der Waals surface area contributed by atoms with Gasteiger partial charge in [0.2, 0.25) is 0 Å². The van der Waals surface area contributed by atoms with Crippen molar-refractivity contribution in [2.75, 3.05) is 0 Å². The third-order valence-corrected chi connectivity index (χ3v) is 1.63. The molecule has 0 fully saturated rings. The molecular weight excluding hydrogens is 128 g/mol. The van der Waals surface area contributed by atoms with Crippen LogP contribution >= 0.6 is 0 Å². The summed E-state index contributed by atoms with van der Waals surface area (Å²) in [6, 6.07) is 0. The van der Waals surface area contributed by atoms with E-state index in [1.54, 1.807) is 0 Å². The van der Waals surface area contributed by atoms with Crippen LogP contribution in [-0.2, 0) is 13.0 Å². The lowest BCUT2D eigenvalue weighted by Gasteiger charge is -1.89. The molecule has 0 bridgehead atoms. The second-order valence-corrected chi connectivity index (χ2v) is 2.24. The molecule has 10 heavy (non-hydrogen) atoms. The van der Waals surface area contributed by atoms with E-state index in [-0.39, 0.29) is 0 Å². The molecule has 0 aliphatic rings. The molecule has 0 spiro atoms. The molecule has 1 aromatic heterocycles. The molecule has 56 valence electrons. The van der Waals surface area contributed by atoms with Gasteiger partial charge >= 0.3 is 0 Å². The van der Waals surface area contributed by atoms with Crippen molar-refractivity contribution in [3.05, 3.63) is 17.0 Å². The third-order valence-electron chi connectivity index (χ3n) is 1.63. The van der Waals surface area contributed by atoms with Gasteiger partial charge in [0.1, 0.15) is 11.5 Å². The first-order valence-electron chi connectivity index (χ1n) is 3.43.